The monoisotopic (exact) mass is 851 g/mol. The van der Waals surface area contributed by atoms with Gasteiger partial charge in [-0.15, -0.1) is 0 Å². The molecule has 14 rings (SSSR count). The summed E-state index contributed by atoms with van der Waals surface area (Å²) in [6.45, 7) is 9.23. The number of pyridine rings is 1. The maximum Gasteiger partial charge on any atom is 0.220 e. The number of nitrogens with zero attached hydrogens (tertiary/aromatic N) is 5. The van der Waals surface area contributed by atoms with Crippen molar-refractivity contribution in [1.29, 1.82) is 5.26 Å². The van der Waals surface area contributed by atoms with Crippen molar-refractivity contribution in [3.8, 4) is 50.8 Å². The van der Waals surface area contributed by atoms with Gasteiger partial charge in [0.25, 0.3) is 0 Å². The Bertz CT molecular complexity index is 4380. The molecule has 0 unspecified atom stereocenters. The molecule has 0 radical (unpaired) electrons. The SMILES string of the molecule is [C-]#[N+]c1c(-c2ccccc2)c(C#N)c(-n2c3ccccc3c3c(-c4cccc5oc6ccccc6c45)cccc32)c(-c2ccccc2)c1-n1c2cccc3c4ccccc4c4ccnc1c4c32. The fourth-order valence-electron chi connectivity index (χ4n) is 11.2. The summed E-state index contributed by atoms with van der Waals surface area (Å²) >= 11 is 0. The van der Waals surface area contributed by atoms with E-state index in [1.165, 1.54) is 0 Å². The lowest BCUT2D eigenvalue weighted by Gasteiger charge is -2.25. The minimum Gasteiger partial charge on any atom is -0.456 e. The van der Waals surface area contributed by atoms with Crippen molar-refractivity contribution < 1.29 is 4.42 Å². The highest BCUT2D eigenvalue weighted by molar-refractivity contribution is 6.34. The summed E-state index contributed by atoms with van der Waals surface area (Å²) in [5.74, 6) is 0. The van der Waals surface area contributed by atoms with E-state index in [-0.39, 0.29) is 0 Å². The molecule has 0 N–H and O–H groups in total. The lowest BCUT2D eigenvalue weighted by Crippen LogP contribution is -2.09. The first-order valence-electron chi connectivity index (χ1n) is 22.3. The number of hydrogen-bond donors (Lipinski definition) is 0. The first-order chi connectivity index (χ1) is 33.2. The van der Waals surface area contributed by atoms with E-state index in [1.54, 1.807) is 0 Å². The molecule has 4 heterocycles. The summed E-state index contributed by atoms with van der Waals surface area (Å²) in [5.41, 5.74) is 12.4. The molecule has 6 nitrogen and oxygen atoms in total. The summed E-state index contributed by atoms with van der Waals surface area (Å²) in [4.78, 5) is 9.71. The van der Waals surface area contributed by atoms with Gasteiger partial charge >= 0.3 is 0 Å². The minimum absolute atomic E-state index is 0.374. The molecule has 0 bridgehead atoms. The number of furan rings is 1. The van der Waals surface area contributed by atoms with Gasteiger partial charge < -0.3 is 13.6 Å². The van der Waals surface area contributed by atoms with Crippen molar-refractivity contribution in [3.05, 3.63) is 217 Å². The summed E-state index contributed by atoms with van der Waals surface area (Å²) in [6.07, 6.45) is 1.88. The molecule has 0 saturated carbocycles. The average molecular weight is 852 g/mol. The second-order valence-electron chi connectivity index (χ2n) is 17.1. The molecule has 0 saturated heterocycles. The van der Waals surface area contributed by atoms with E-state index in [1.807, 2.05) is 72.9 Å². The summed E-state index contributed by atoms with van der Waals surface area (Å²) < 4.78 is 10.9. The van der Waals surface area contributed by atoms with Crippen LogP contribution in [-0.2, 0) is 0 Å². The van der Waals surface area contributed by atoms with Crippen molar-refractivity contribution >= 4 is 92.9 Å². The highest BCUT2D eigenvalue weighted by Gasteiger charge is 2.33. The van der Waals surface area contributed by atoms with E-state index >= 15 is 0 Å². The van der Waals surface area contributed by atoms with Crippen molar-refractivity contribution in [2.24, 2.45) is 0 Å². The zero-order valence-electron chi connectivity index (χ0n) is 35.7. The van der Waals surface area contributed by atoms with Gasteiger partial charge in [0.15, 0.2) is 0 Å². The Kier molecular flexibility index (Phi) is 7.72. The molecule has 4 aromatic heterocycles. The fraction of sp³-hybridized carbons (Fsp3) is 0. The van der Waals surface area contributed by atoms with Gasteiger partial charge in [-0.3, -0.25) is 0 Å². The highest BCUT2D eigenvalue weighted by atomic mass is 16.3. The standard InChI is InChI=1S/C61H33N5O/c1-63-58-52(36-17-4-2-5-18-36)46(35-62)59(65-47-28-12-10-23-44(47)54-41(26-15-29-48(54)65)42-27-16-32-51-55(42)45-24-11-13-31-50(45)67-51)53(37-19-6-3-7-20-37)60(58)66-49-30-14-25-40-38-21-8-9-22-39(38)43-33-34-64-61(66)57(43)56(40)49/h2-34H. The molecular formula is C61H33N5O. The number of aromatic nitrogens is 3. The Morgan fingerprint density at radius 2 is 1.00 bits per heavy atom. The third kappa shape index (κ3) is 4.99. The number of nitriles is 1. The zero-order chi connectivity index (χ0) is 44.3. The normalized spacial score (nSPS) is 11.9. The summed E-state index contributed by atoms with van der Waals surface area (Å²) in [7, 11) is 0. The molecule has 0 fully saturated rings. The van der Waals surface area contributed by atoms with E-state index in [4.69, 9.17) is 9.40 Å². The molecule has 308 valence electrons. The molecule has 10 aromatic carbocycles. The predicted octanol–water partition coefficient (Wildman–Crippen LogP) is 16.3. The quantitative estimate of drug-likeness (QED) is 0.128. The molecule has 0 aliphatic rings. The highest BCUT2D eigenvalue weighted by Crippen LogP contribution is 2.54. The van der Waals surface area contributed by atoms with E-state index in [9.17, 15) is 11.8 Å². The molecule has 0 atom stereocenters. The largest absolute Gasteiger partial charge is 0.456 e. The number of para-hydroxylation sites is 2. The van der Waals surface area contributed by atoms with Gasteiger partial charge in [0.05, 0.1) is 40.1 Å². The molecule has 0 amide bonds. The second kappa shape index (κ2) is 14.0. The van der Waals surface area contributed by atoms with E-state index in [2.05, 4.69) is 147 Å². The third-order valence-electron chi connectivity index (χ3n) is 13.8. The van der Waals surface area contributed by atoms with Crippen molar-refractivity contribution in [2.75, 3.05) is 0 Å². The number of hydrogen-bond acceptors (Lipinski definition) is 3. The van der Waals surface area contributed by atoms with Crippen LogP contribution in [0.4, 0.5) is 5.69 Å². The van der Waals surface area contributed by atoms with Crippen LogP contribution in [0.25, 0.3) is 137 Å². The minimum atomic E-state index is 0.374. The van der Waals surface area contributed by atoms with Crippen LogP contribution in [0.5, 0.6) is 0 Å². The summed E-state index contributed by atoms with van der Waals surface area (Å²) in [5, 5.41) is 22.7. The predicted molar refractivity (Wildman–Crippen MR) is 274 cm³/mol. The van der Waals surface area contributed by atoms with Crippen molar-refractivity contribution in [2.45, 2.75) is 0 Å². The van der Waals surface area contributed by atoms with Crippen LogP contribution in [0.15, 0.2) is 205 Å². The number of benzene rings is 10. The van der Waals surface area contributed by atoms with Crippen LogP contribution in [0, 0.1) is 17.9 Å². The molecule has 6 heteroatoms. The van der Waals surface area contributed by atoms with Crippen LogP contribution in [0.2, 0.25) is 0 Å². The third-order valence-corrected chi connectivity index (χ3v) is 13.8. The van der Waals surface area contributed by atoms with Gasteiger partial charge in [-0.05, 0) is 80.2 Å². The lowest BCUT2D eigenvalue weighted by molar-refractivity contribution is 0.669. The number of fused-ring (bicyclic) bond motifs is 9. The Balaban J connectivity index is 1.22. The van der Waals surface area contributed by atoms with Gasteiger partial charge in [-0.25, -0.2) is 9.83 Å². The van der Waals surface area contributed by atoms with E-state index in [0.717, 1.165) is 115 Å². The first kappa shape index (κ1) is 36.9. The Labute approximate surface area is 383 Å². The zero-order valence-corrected chi connectivity index (χ0v) is 35.7. The summed E-state index contributed by atoms with van der Waals surface area (Å²) in [6, 6.07) is 69.5. The maximum absolute atomic E-state index is 11.9. The van der Waals surface area contributed by atoms with Gasteiger partial charge in [0.2, 0.25) is 5.69 Å². The van der Waals surface area contributed by atoms with Crippen LogP contribution < -0.4 is 0 Å². The van der Waals surface area contributed by atoms with Gasteiger partial charge in [-0.1, -0.05) is 158 Å². The molecular weight excluding hydrogens is 819 g/mol. The van der Waals surface area contributed by atoms with Crippen LogP contribution >= 0.6 is 0 Å². The smallest absolute Gasteiger partial charge is 0.220 e. The van der Waals surface area contributed by atoms with E-state index in [0.29, 0.717) is 28.2 Å². The average Bonchev–Trinajstić information content (AvgIpc) is 4.06. The van der Waals surface area contributed by atoms with Gasteiger partial charge in [0.1, 0.15) is 22.9 Å². The Morgan fingerprint density at radius 1 is 0.448 bits per heavy atom. The number of rotatable bonds is 5. The van der Waals surface area contributed by atoms with Crippen LogP contribution in [0.3, 0.4) is 0 Å². The molecule has 67 heavy (non-hydrogen) atoms. The van der Waals surface area contributed by atoms with Crippen LogP contribution in [0.1, 0.15) is 5.56 Å². The maximum atomic E-state index is 11.9. The van der Waals surface area contributed by atoms with Gasteiger partial charge in [0, 0.05) is 49.6 Å². The van der Waals surface area contributed by atoms with Crippen molar-refractivity contribution in [3.63, 3.8) is 0 Å². The molecule has 0 aliphatic heterocycles. The van der Waals surface area contributed by atoms with Crippen molar-refractivity contribution in [1.82, 2.24) is 14.1 Å². The fourth-order valence-corrected chi connectivity index (χ4v) is 11.2. The first-order valence-corrected chi connectivity index (χ1v) is 22.3. The Morgan fingerprint density at radius 3 is 1.73 bits per heavy atom. The Hall–Kier alpha value is -9.49. The van der Waals surface area contributed by atoms with Crippen LogP contribution in [-0.4, -0.2) is 14.1 Å². The molecule has 0 aliphatic carbocycles. The topological polar surface area (TPSA) is 64.0 Å². The molecule has 14 aromatic rings. The van der Waals surface area contributed by atoms with E-state index < -0.39 is 0 Å². The lowest BCUT2D eigenvalue weighted by atomic mass is 9.88. The second-order valence-corrected chi connectivity index (χ2v) is 17.1. The van der Waals surface area contributed by atoms with Gasteiger partial charge in [-0.2, -0.15) is 5.26 Å². The molecule has 0 spiro atoms.